The van der Waals surface area contributed by atoms with Crippen molar-refractivity contribution in [1.29, 1.82) is 0 Å². The van der Waals surface area contributed by atoms with Crippen molar-refractivity contribution in [3.63, 3.8) is 0 Å². The minimum Gasteiger partial charge on any atom is -0.459 e. The molecular formula is C20H26IN5O5. The number of nitro benzene ring substituents is 1. The van der Waals surface area contributed by atoms with E-state index in [1.165, 1.54) is 18.4 Å². The second-order valence-electron chi connectivity index (χ2n) is 6.74. The fourth-order valence-electron chi connectivity index (χ4n) is 3.10. The number of furan rings is 1. The number of nitro groups is 1. The molecule has 1 fully saturated rings. The molecule has 1 aliphatic rings. The van der Waals surface area contributed by atoms with Crippen molar-refractivity contribution in [3.8, 4) is 0 Å². The average molecular weight is 543 g/mol. The zero-order valence-corrected chi connectivity index (χ0v) is 19.6. The highest BCUT2D eigenvalue weighted by Gasteiger charge is 2.25. The zero-order valence-electron chi connectivity index (χ0n) is 17.2. The number of guanidine groups is 1. The normalized spacial score (nSPS) is 14.2. The van der Waals surface area contributed by atoms with Crippen molar-refractivity contribution in [2.45, 2.75) is 6.54 Å². The summed E-state index contributed by atoms with van der Waals surface area (Å²) in [4.78, 5) is 31.3. The number of piperazine rings is 1. The Balaban J connectivity index is 0.00000341. The topological polar surface area (TPSA) is 113 Å². The van der Waals surface area contributed by atoms with Crippen molar-refractivity contribution >= 4 is 41.5 Å². The Morgan fingerprint density at radius 1 is 1.19 bits per heavy atom. The molecule has 1 aromatic carbocycles. The largest absolute Gasteiger partial charge is 0.459 e. The Kier molecular flexibility index (Phi) is 9.72. The third-order valence-electron chi connectivity index (χ3n) is 4.75. The number of rotatable bonds is 7. The van der Waals surface area contributed by atoms with Crippen molar-refractivity contribution in [3.05, 3.63) is 64.1 Å². The molecular weight excluding hydrogens is 517 g/mol. The first-order valence-electron chi connectivity index (χ1n) is 9.67. The van der Waals surface area contributed by atoms with Gasteiger partial charge in [0.1, 0.15) is 0 Å². The molecule has 10 nitrogen and oxygen atoms in total. The van der Waals surface area contributed by atoms with Crippen LogP contribution in [0, 0.1) is 10.1 Å². The predicted molar refractivity (Wildman–Crippen MR) is 126 cm³/mol. The first-order chi connectivity index (χ1) is 14.6. The second kappa shape index (κ2) is 12.2. The lowest BCUT2D eigenvalue weighted by Crippen LogP contribution is -2.54. The number of aliphatic imine (C=N–C) groups is 1. The van der Waals surface area contributed by atoms with E-state index in [1.54, 1.807) is 36.3 Å². The molecule has 168 valence electrons. The van der Waals surface area contributed by atoms with Crippen LogP contribution in [0.3, 0.4) is 0 Å². The highest BCUT2D eigenvalue weighted by molar-refractivity contribution is 14.0. The van der Waals surface area contributed by atoms with Crippen LogP contribution in [-0.2, 0) is 11.3 Å². The van der Waals surface area contributed by atoms with Crippen molar-refractivity contribution in [1.82, 2.24) is 15.1 Å². The Bertz CT molecular complexity index is 865. The molecule has 11 heteroatoms. The van der Waals surface area contributed by atoms with E-state index < -0.39 is 4.92 Å². The van der Waals surface area contributed by atoms with Gasteiger partial charge in [0.05, 0.1) is 24.3 Å². The van der Waals surface area contributed by atoms with Crippen LogP contribution in [0.5, 0.6) is 0 Å². The summed E-state index contributed by atoms with van der Waals surface area (Å²) in [7, 11) is 1.63. The molecule has 1 amide bonds. The monoisotopic (exact) mass is 543 g/mol. The molecule has 31 heavy (non-hydrogen) atoms. The zero-order chi connectivity index (χ0) is 21.3. The van der Waals surface area contributed by atoms with Gasteiger partial charge in [0.2, 0.25) is 0 Å². The van der Waals surface area contributed by atoms with Gasteiger partial charge in [-0.15, -0.1) is 24.0 Å². The Morgan fingerprint density at radius 2 is 1.87 bits per heavy atom. The molecule has 0 bridgehead atoms. The summed E-state index contributed by atoms with van der Waals surface area (Å²) in [5.41, 5.74) is 0.928. The first-order valence-corrected chi connectivity index (χ1v) is 9.67. The number of non-ortho nitro benzene ring substituents is 1. The van der Waals surface area contributed by atoms with Crippen LogP contribution in [0.1, 0.15) is 16.1 Å². The molecule has 1 N–H and O–H groups in total. The third kappa shape index (κ3) is 6.92. The van der Waals surface area contributed by atoms with E-state index >= 15 is 0 Å². The smallest absolute Gasteiger partial charge is 0.289 e. The van der Waals surface area contributed by atoms with E-state index in [0.717, 1.165) is 11.5 Å². The molecule has 2 aromatic rings. The van der Waals surface area contributed by atoms with E-state index in [2.05, 4.69) is 15.2 Å². The number of carbonyl (C=O) groups excluding carboxylic acids is 1. The van der Waals surface area contributed by atoms with E-state index in [-0.39, 0.29) is 35.6 Å². The summed E-state index contributed by atoms with van der Waals surface area (Å²) in [6.07, 6.45) is 1.49. The van der Waals surface area contributed by atoms with Crippen LogP contribution < -0.4 is 5.32 Å². The maximum absolute atomic E-state index is 12.4. The minimum absolute atomic E-state index is 0. The minimum atomic E-state index is -0.422. The predicted octanol–water partition coefficient (Wildman–Crippen LogP) is 2.36. The molecule has 1 saturated heterocycles. The average Bonchev–Trinajstić information content (AvgIpc) is 3.31. The Morgan fingerprint density at radius 3 is 2.45 bits per heavy atom. The van der Waals surface area contributed by atoms with E-state index in [0.29, 0.717) is 51.6 Å². The Labute approximate surface area is 197 Å². The van der Waals surface area contributed by atoms with Crippen LogP contribution in [0.2, 0.25) is 0 Å². The number of halogens is 1. The number of benzene rings is 1. The maximum Gasteiger partial charge on any atom is 0.289 e. The number of ether oxygens (including phenoxy) is 1. The fourth-order valence-corrected chi connectivity index (χ4v) is 3.10. The molecule has 0 saturated carbocycles. The van der Waals surface area contributed by atoms with Crippen molar-refractivity contribution < 1.29 is 18.9 Å². The van der Waals surface area contributed by atoms with Gasteiger partial charge in [-0.05, 0) is 17.7 Å². The standard InChI is InChI=1S/C20H25N5O5.HI/c1-29-14-8-21-20(22-15-16-4-6-17(7-5-16)25(27)28)24-11-9-23(10-12-24)19(26)18-3-2-13-30-18;/h2-7,13H,8-12,14-15H2,1H3,(H,21,22);1H. The van der Waals surface area contributed by atoms with Gasteiger partial charge in [-0.25, -0.2) is 4.99 Å². The molecule has 0 aliphatic carbocycles. The summed E-state index contributed by atoms with van der Waals surface area (Å²) < 4.78 is 10.3. The lowest BCUT2D eigenvalue weighted by atomic mass is 10.2. The highest BCUT2D eigenvalue weighted by atomic mass is 127. The molecule has 0 atom stereocenters. The number of nitrogens with zero attached hydrogens (tertiary/aromatic N) is 4. The number of hydrogen-bond acceptors (Lipinski definition) is 6. The number of carbonyl (C=O) groups is 1. The highest BCUT2D eigenvalue weighted by Crippen LogP contribution is 2.13. The van der Waals surface area contributed by atoms with Crippen molar-refractivity contribution in [2.75, 3.05) is 46.4 Å². The van der Waals surface area contributed by atoms with Gasteiger partial charge >= 0.3 is 0 Å². The van der Waals surface area contributed by atoms with Gasteiger partial charge in [-0.3, -0.25) is 14.9 Å². The van der Waals surface area contributed by atoms with Gasteiger partial charge in [0.25, 0.3) is 11.6 Å². The molecule has 2 heterocycles. The number of nitrogens with one attached hydrogen (secondary N) is 1. The fraction of sp³-hybridized carbons (Fsp3) is 0.400. The SMILES string of the molecule is COCCNC(=NCc1ccc([N+](=O)[O-])cc1)N1CCN(C(=O)c2ccco2)CC1.I. The quantitative estimate of drug-likeness (QED) is 0.143. The van der Waals surface area contributed by atoms with Gasteiger partial charge in [-0.1, -0.05) is 12.1 Å². The maximum atomic E-state index is 12.4. The molecule has 1 aliphatic heterocycles. The summed E-state index contributed by atoms with van der Waals surface area (Å²) in [5, 5.41) is 14.1. The van der Waals surface area contributed by atoms with Gasteiger partial charge in [-0.2, -0.15) is 0 Å². The molecule has 0 radical (unpaired) electrons. The second-order valence-corrected chi connectivity index (χ2v) is 6.74. The summed E-state index contributed by atoms with van der Waals surface area (Å²) in [6.45, 7) is 3.90. The molecule has 0 spiro atoms. The molecule has 3 rings (SSSR count). The van der Waals surface area contributed by atoms with Crippen LogP contribution in [0.25, 0.3) is 0 Å². The van der Waals surface area contributed by atoms with E-state index in [1.807, 2.05) is 0 Å². The van der Waals surface area contributed by atoms with E-state index in [4.69, 9.17) is 9.15 Å². The van der Waals surface area contributed by atoms with Crippen LogP contribution >= 0.6 is 24.0 Å². The van der Waals surface area contributed by atoms with E-state index in [9.17, 15) is 14.9 Å². The first kappa shape index (κ1) is 24.6. The number of methoxy groups -OCH3 is 1. The van der Waals surface area contributed by atoms with Crippen LogP contribution in [0.15, 0.2) is 52.1 Å². The summed E-state index contributed by atoms with van der Waals surface area (Å²) in [5.74, 6) is 0.945. The van der Waals surface area contributed by atoms with Crippen LogP contribution in [-0.4, -0.2) is 73.0 Å². The lowest BCUT2D eigenvalue weighted by molar-refractivity contribution is -0.384. The van der Waals surface area contributed by atoms with Gasteiger partial charge in [0.15, 0.2) is 11.7 Å². The van der Waals surface area contributed by atoms with Gasteiger partial charge < -0.3 is 24.3 Å². The summed E-state index contributed by atoms with van der Waals surface area (Å²) in [6, 6.07) is 9.72. The lowest BCUT2D eigenvalue weighted by Gasteiger charge is -2.36. The molecule has 0 unspecified atom stereocenters. The van der Waals surface area contributed by atoms with Gasteiger partial charge in [0, 0.05) is 52.0 Å². The number of amides is 1. The number of hydrogen-bond donors (Lipinski definition) is 1. The summed E-state index contributed by atoms with van der Waals surface area (Å²) >= 11 is 0. The third-order valence-corrected chi connectivity index (χ3v) is 4.75. The van der Waals surface area contributed by atoms with Crippen molar-refractivity contribution in [2.24, 2.45) is 4.99 Å². The van der Waals surface area contributed by atoms with Crippen LogP contribution in [0.4, 0.5) is 5.69 Å². The Hall–Kier alpha value is -2.67. The molecule has 1 aromatic heterocycles.